The fourth-order valence-corrected chi connectivity index (χ4v) is 4.42. The highest BCUT2D eigenvalue weighted by Crippen LogP contribution is 2.36. The quantitative estimate of drug-likeness (QED) is 0.845. The monoisotopic (exact) mass is 310 g/mol. The van der Waals surface area contributed by atoms with Crippen LogP contribution in [0.1, 0.15) is 25.3 Å². The maximum absolute atomic E-state index is 5.38. The first kappa shape index (κ1) is 14.8. The molecule has 1 saturated heterocycles. The molecule has 3 heterocycles. The lowest BCUT2D eigenvalue weighted by Gasteiger charge is -2.46. The van der Waals surface area contributed by atoms with E-state index < -0.39 is 0 Å². The second-order valence-electron chi connectivity index (χ2n) is 7.01. The van der Waals surface area contributed by atoms with Crippen LogP contribution in [0.3, 0.4) is 0 Å². The molecule has 3 unspecified atom stereocenters. The second-order valence-corrected chi connectivity index (χ2v) is 7.01. The predicted molar refractivity (Wildman–Crippen MR) is 94.9 cm³/mol. The summed E-state index contributed by atoms with van der Waals surface area (Å²) in [4.78, 5) is 6.09. The maximum atomic E-state index is 5.38. The van der Waals surface area contributed by atoms with Gasteiger partial charge in [-0.1, -0.05) is 25.5 Å². The Bertz CT molecular complexity index is 718. The lowest BCUT2D eigenvalue weighted by molar-refractivity contribution is 0.0826. The highest BCUT2D eigenvalue weighted by Gasteiger charge is 2.35. The number of fused-ring (bicyclic) bond motifs is 3. The molecule has 2 aromatic rings. The van der Waals surface area contributed by atoms with Crippen LogP contribution in [0.15, 0.2) is 36.5 Å². The highest BCUT2D eigenvalue weighted by atomic mass is 16.5. The number of benzene rings is 1. The number of H-pyrrole nitrogens is 1. The zero-order valence-corrected chi connectivity index (χ0v) is 14.1. The van der Waals surface area contributed by atoms with Gasteiger partial charge in [0.05, 0.1) is 7.11 Å². The molecule has 0 amide bonds. The average Bonchev–Trinajstić information content (AvgIpc) is 3.02. The van der Waals surface area contributed by atoms with Gasteiger partial charge in [0, 0.05) is 36.2 Å². The molecular weight excluding hydrogens is 284 g/mol. The molecule has 3 nitrogen and oxygen atoms in total. The van der Waals surface area contributed by atoms with E-state index in [9.17, 15) is 0 Å². The van der Waals surface area contributed by atoms with Crippen molar-refractivity contribution in [1.29, 1.82) is 0 Å². The van der Waals surface area contributed by atoms with Crippen molar-refractivity contribution in [2.75, 3.05) is 20.2 Å². The Kier molecular flexibility index (Phi) is 3.90. The number of piperidine rings is 1. The molecule has 2 bridgehead atoms. The van der Waals surface area contributed by atoms with Crippen molar-refractivity contribution in [3.63, 3.8) is 0 Å². The second kappa shape index (κ2) is 6.04. The predicted octanol–water partition coefficient (Wildman–Crippen LogP) is 4.01. The molecule has 1 aromatic heterocycles. The number of methoxy groups -OCH3 is 1. The van der Waals surface area contributed by atoms with Crippen molar-refractivity contribution in [3.05, 3.63) is 42.1 Å². The summed E-state index contributed by atoms with van der Waals surface area (Å²) in [7, 11) is 1.73. The molecule has 0 spiro atoms. The molecule has 0 saturated carbocycles. The molecule has 1 aliphatic carbocycles. The van der Waals surface area contributed by atoms with Gasteiger partial charge in [0.15, 0.2) is 0 Å². The van der Waals surface area contributed by atoms with E-state index in [0.717, 1.165) is 30.6 Å². The van der Waals surface area contributed by atoms with Gasteiger partial charge in [-0.3, -0.25) is 4.90 Å². The Morgan fingerprint density at radius 1 is 1.30 bits per heavy atom. The standard InChI is InChI=1S/C20H26N2O/c1-3-15-10-14-4-7-20(15)22(13-14)9-8-16-12-21-19-6-5-17(23-2)11-18(16)19/h4-7,11-12,14-15,20-21H,3,8-10,13H2,1-2H3/i20+0. The Labute approximate surface area is 138 Å². The van der Waals surface area contributed by atoms with E-state index in [0.29, 0.717) is 6.04 Å². The van der Waals surface area contributed by atoms with Crippen molar-refractivity contribution in [2.45, 2.75) is 32.2 Å². The molecule has 3 aliphatic rings. The number of nitrogens with zero attached hydrogens (tertiary/aromatic N) is 1. The summed E-state index contributed by atoms with van der Waals surface area (Å²) in [5.74, 6) is 2.55. The van der Waals surface area contributed by atoms with Crippen molar-refractivity contribution in [3.8, 4) is 5.75 Å². The van der Waals surface area contributed by atoms with Gasteiger partial charge in [-0.05, 0) is 48.4 Å². The third-order valence-electron chi connectivity index (χ3n) is 5.73. The molecule has 1 aromatic carbocycles. The largest absolute Gasteiger partial charge is 0.497 e. The van der Waals surface area contributed by atoms with Gasteiger partial charge in [0.1, 0.15) is 5.75 Å². The molecule has 2 aliphatic heterocycles. The van der Waals surface area contributed by atoms with E-state index >= 15 is 0 Å². The van der Waals surface area contributed by atoms with E-state index in [1.54, 1.807) is 7.11 Å². The fourth-order valence-electron chi connectivity index (χ4n) is 4.42. The molecular formula is C20H26N2O. The first-order valence-corrected chi connectivity index (χ1v) is 8.85. The lowest BCUT2D eigenvalue weighted by Crippen LogP contribution is -2.50. The number of ether oxygens (including phenoxy) is 1. The Hall–Kier alpha value is -1.74. The summed E-state index contributed by atoms with van der Waals surface area (Å²) < 4.78 is 5.38. The summed E-state index contributed by atoms with van der Waals surface area (Å²) in [5.41, 5.74) is 2.60. The van der Waals surface area contributed by atoms with Crippen molar-refractivity contribution in [1.82, 2.24) is 9.88 Å². The highest BCUT2D eigenvalue weighted by molar-refractivity contribution is 5.84. The summed E-state index contributed by atoms with van der Waals surface area (Å²) in [6, 6.07) is 6.93. The lowest BCUT2D eigenvalue weighted by atomic mass is 9.76. The SMILES string of the molecule is CCC1CC2C=C[12CH]1N(CCc1c[nH]c3ccc(OC)cc13)C2. The number of aromatic amines is 1. The summed E-state index contributed by atoms with van der Waals surface area (Å²) in [6.45, 7) is 4.72. The normalized spacial score (nSPS) is 27.0. The molecule has 23 heavy (non-hydrogen) atoms. The number of hydrogen-bond acceptors (Lipinski definition) is 2. The summed E-state index contributed by atoms with van der Waals surface area (Å²) in [5, 5.41) is 1.30. The van der Waals surface area contributed by atoms with Crippen LogP contribution in [0.5, 0.6) is 5.75 Å². The molecule has 3 heteroatoms. The van der Waals surface area contributed by atoms with Gasteiger partial charge in [-0.25, -0.2) is 0 Å². The molecule has 1 fully saturated rings. The average molecular weight is 310 g/mol. The molecule has 1 N–H and O–H groups in total. The number of aromatic nitrogens is 1. The van der Waals surface area contributed by atoms with Gasteiger partial charge in [-0.15, -0.1) is 0 Å². The van der Waals surface area contributed by atoms with Crippen LogP contribution in [0.25, 0.3) is 10.9 Å². The van der Waals surface area contributed by atoms with Crippen molar-refractivity contribution >= 4 is 10.9 Å². The van der Waals surface area contributed by atoms with E-state index in [-0.39, 0.29) is 0 Å². The fraction of sp³-hybridized carbons (Fsp3) is 0.500. The Balaban J connectivity index is 1.50. The molecule has 5 rings (SSSR count). The molecule has 3 atom stereocenters. The maximum Gasteiger partial charge on any atom is 0.119 e. The number of hydrogen-bond donors (Lipinski definition) is 1. The third-order valence-corrected chi connectivity index (χ3v) is 5.73. The number of nitrogens with one attached hydrogen (secondary N) is 1. The topological polar surface area (TPSA) is 28.3 Å². The van der Waals surface area contributed by atoms with Crippen LogP contribution >= 0.6 is 0 Å². The zero-order valence-electron chi connectivity index (χ0n) is 14.1. The third kappa shape index (κ3) is 2.67. The minimum absolute atomic E-state index is 0.657. The van der Waals surface area contributed by atoms with E-state index in [1.807, 2.05) is 6.07 Å². The Morgan fingerprint density at radius 3 is 3.00 bits per heavy atom. The van der Waals surface area contributed by atoms with Crippen LogP contribution in [-0.2, 0) is 6.42 Å². The van der Waals surface area contributed by atoms with Crippen molar-refractivity contribution < 1.29 is 4.74 Å². The van der Waals surface area contributed by atoms with Crippen LogP contribution in [0, 0.1) is 11.8 Å². The van der Waals surface area contributed by atoms with Crippen LogP contribution in [0.2, 0.25) is 0 Å². The molecule has 0 radical (unpaired) electrons. The van der Waals surface area contributed by atoms with E-state index in [2.05, 4.69) is 47.3 Å². The van der Waals surface area contributed by atoms with Crippen LogP contribution in [-0.4, -0.2) is 36.1 Å². The minimum atomic E-state index is 0.657. The first-order valence-electron chi connectivity index (χ1n) is 8.85. The zero-order chi connectivity index (χ0) is 15.8. The minimum Gasteiger partial charge on any atom is -0.497 e. The van der Waals surface area contributed by atoms with E-state index in [1.165, 1.54) is 35.9 Å². The van der Waals surface area contributed by atoms with E-state index in [4.69, 9.17) is 4.74 Å². The first-order chi connectivity index (χ1) is 11.3. The van der Waals surface area contributed by atoms with Crippen LogP contribution < -0.4 is 4.74 Å². The van der Waals surface area contributed by atoms with Crippen LogP contribution in [0.4, 0.5) is 0 Å². The van der Waals surface area contributed by atoms with Gasteiger partial charge in [-0.2, -0.15) is 0 Å². The summed E-state index contributed by atoms with van der Waals surface area (Å²) >= 11 is 0. The smallest absolute Gasteiger partial charge is 0.119 e. The number of rotatable bonds is 5. The van der Waals surface area contributed by atoms with Gasteiger partial charge >= 0.3 is 0 Å². The van der Waals surface area contributed by atoms with Gasteiger partial charge < -0.3 is 9.72 Å². The van der Waals surface area contributed by atoms with Gasteiger partial charge in [0.25, 0.3) is 0 Å². The molecule has 122 valence electrons. The van der Waals surface area contributed by atoms with Gasteiger partial charge in [0.2, 0.25) is 0 Å². The van der Waals surface area contributed by atoms with Crippen molar-refractivity contribution in [2.24, 2.45) is 11.8 Å². The Morgan fingerprint density at radius 2 is 2.22 bits per heavy atom. The summed E-state index contributed by atoms with van der Waals surface area (Å²) in [6.07, 6.45) is 10.9.